The summed E-state index contributed by atoms with van der Waals surface area (Å²) in [6.07, 6.45) is 0.411. The van der Waals surface area contributed by atoms with Crippen LogP contribution in [0.15, 0.2) is 78.9 Å². The molecule has 3 aromatic carbocycles. The molecule has 0 saturated carbocycles. The van der Waals surface area contributed by atoms with E-state index in [4.69, 9.17) is 0 Å². The van der Waals surface area contributed by atoms with Crippen LogP contribution >= 0.6 is 0 Å². The van der Waals surface area contributed by atoms with E-state index in [9.17, 15) is 9.59 Å². The summed E-state index contributed by atoms with van der Waals surface area (Å²) in [6.45, 7) is 6.28. The minimum absolute atomic E-state index is 0.229. The maximum Gasteiger partial charge on any atom is 0.251 e. The molecule has 0 fully saturated rings. The third-order valence-electron chi connectivity index (χ3n) is 5.20. The van der Waals surface area contributed by atoms with Crippen molar-refractivity contribution in [3.05, 3.63) is 101 Å². The van der Waals surface area contributed by atoms with Gasteiger partial charge < -0.3 is 10.6 Å². The van der Waals surface area contributed by atoms with Gasteiger partial charge in [-0.05, 0) is 47.7 Å². The maximum absolute atomic E-state index is 13.2. The Morgan fingerprint density at radius 2 is 1.47 bits per heavy atom. The van der Waals surface area contributed by atoms with Crippen molar-refractivity contribution in [3.8, 4) is 0 Å². The first-order valence-electron chi connectivity index (χ1n) is 10.3. The Morgan fingerprint density at radius 3 is 2.10 bits per heavy atom. The summed E-state index contributed by atoms with van der Waals surface area (Å²) in [5.41, 5.74) is 4.53. The van der Waals surface area contributed by atoms with Gasteiger partial charge in [-0.1, -0.05) is 74.5 Å². The molecule has 1 unspecified atom stereocenters. The summed E-state index contributed by atoms with van der Waals surface area (Å²) in [5, 5.41) is 5.94. The second kappa shape index (κ2) is 9.88. The van der Waals surface area contributed by atoms with Crippen molar-refractivity contribution in [3.63, 3.8) is 0 Å². The van der Waals surface area contributed by atoms with Crippen LogP contribution in [0, 0.1) is 6.92 Å². The number of anilines is 1. The Labute approximate surface area is 178 Å². The minimum atomic E-state index is -0.692. The van der Waals surface area contributed by atoms with Gasteiger partial charge in [0.2, 0.25) is 5.91 Å². The molecular weight excluding hydrogens is 372 g/mol. The third-order valence-corrected chi connectivity index (χ3v) is 5.20. The fourth-order valence-corrected chi connectivity index (χ4v) is 3.52. The molecule has 2 N–H and O–H groups in total. The van der Waals surface area contributed by atoms with E-state index in [1.165, 1.54) is 5.56 Å². The lowest BCUT2D eigenvalue weighted by Crippen LogP contribution is -2.45. The first-order chi connectivity index (χ1) is 14.5. The SMILES string of the molecule is Cc1c(NC(=O)C(Cc2ccccc2)NC(=O)c2ccccc2)cccc1C(C)C. The average molecular weight is 401 g/mol. The van der Waals surface area contributed by atoms with Crippen LogP contribution in [-0.4, -0.2) is 17.9 Å². The normalized spacial score (nSPS) is 11.7. The topological polar surface area (TPSA) is 58.2 Å². The number of carbonyl (C=O) groups excluding carboxylic acids is 2. The van der Waals surface area contributed by atoms with Crippen LogP contribution in [0.25, 0.3) is 0 Å². The zero-order valence-electron chi connectivity index (χ0n) is 17.7. The Hall–Kier alpha value is -3.40. The van der Waals surface area contributed by atoms with Crippen LogP contribution in [0.5, 0.6) is 0 Å². The predicted octanol–water partition coefficient (Wildman–Crippen LogP) is 5.10. The highest BCUT2D eigenvalue weighted by atomic mass is 16.2. The molecule has 4 heteroatoms. The largest absolute Gasteiger partial charge is 0.340 e. The molecule has 0 aliphatic heterocycles. The second-order valence-corrected chi connectivity index (χ2v) is 7.75. The Morgan fingerprint density at radius 1 is 0.833 bits per heavy atom. The lowest BCUT2D eigenvalue weighted by Gasteiger charge is -2.21. The number of amides is 2. The van der Waals surface area contributed by atoms with Crippen molar-refractivity contribution in [1.29, 1.82) is 0 Å². The number of carbonyl (C=O) groups is 2. The molecular formula is C26H28N2O2. The van der Waals surface area contributed by atoms with Gasteiger partial charge in [0.1, 0.15) is 6.04 Å². The summed E-state index contributed by atoms with van der Waals surface area (Å²) in [6, 6.07) is 23.9. The van der Waals surface area contributed by atoms with E-state index < -0.39 is 6.04 Å². The van der Waals surface area contributed by atoms with Gasteiger partial charge in [-0.3, -0.25) is 9.59 Å². The van der Waals surface area contributed by atoms with Crippen molar-refractivity contribution in [2.45, 2.75) is 39.2 Å². The van der Waals surface area contributed by atoms with E-state index in [0.29, 0.717) is 17.9 Å². The molecule has 0 saturated heterocycles. The summed E-state index contributed by atoms with van der Waals surface area (Å²) in [4.78, 5) is 25.9. The van der Waals surface area contributed by atoms with E-state index in [2.05, 4.69) is 30.5 Å². The van der Waals surface area contributed by atoms with E-state index in [1.807, 2.05) is 67.6 Å². The van der Waals surface area contributed by atoms with Crippen molar-refractivity contribution in [2.24, 2.45) is 0 Å². The molecule has 3 rings (SSSR count). The van der Waals surface area contributed by atoms with Gasteiger partial charge in [0.25, 0.3) is 5.91 Å². The van der Waals surface area contributed by atoms with Crippen molar-refractivity contribution in [1.82, 2.24) is 5.32 Å². The highest BCUT2D eigenvalue weighted by Crippen LogP contribution is 2.25. The number of hydrogen-bond acceptors (Lipinski definition) is 2. The molecule has 154 valence electrons. The third kappa shape index (κ3) is 5.35. The molecule has 0 aromatic heterocycles. The first-order valence-corrected chi connectivity index (χ1v) is 10.3. The molecule has 0 heterocycles. The molecule has 1 atom stereocenters. The summed E-state index contributed by atoms with van der Waals surface area (Å²) < 4.78 is 0. The number of hydrogen-bond donors (Lipinski definition) is 2. The molecule has 0 aliphatic carbocycles. The molecule has 2 amide bonds. The van der Waals surface area contributed by atoms with E-state index >= 15 is 0 Å². The van der Waals surface area contributed by atoms with Gasteiger partial charge in [-0.15, -0.1) is 0 Å². The standard InChI is InChI=1S/C26H28N2O2/c1-18(2)22-15-10-16-23(19(22)3)27-26(30)24(17-20-11-6-4-7-12-20)28-25(29)21-13-8-5-9-14-21/h4-16,18,24H,17H2,1-3H3,(H,27,30)(H,28,29). The molecule has 4 nitrogen and oxygen atoms in total. The lowest BCUT2D eigenvalue weighted by atomic mass is 9.96. The van der Waals surface area contributed by atoms with Crippen molar-refractivity contribution in [2.75, 3.05) is 5.32 Å². The summed E-state index contributed by atoms with van der Waals surface area (Å²) >= 11 is 0. The fourth-order valence-electron chi connectivity index (χ4n) is 3.52. The highest BCUT2D eigenvalue weighted by molar-refractivity contribution is 6.01. The number of rotatable bonds is 7. The van der Waals surface area contributed by atoms with Gasteiger partial charge in [0, 0.05) is 17.7 Å². The second-order valence-electron chi connectivity index (χ2n) is 7.75. The fraction of sp³-hybridized carbons (Fsp3) is 0.231. The summed E-state index contributed by atoms with van der Waals surface area (Å²) in [5.74, 6) is -0.133. The minimum Gasteiger partial charge on any atom is -0.340 e. The van der Waals surface area contributed by atoms with Gasteiger partial charge in [-0.25, -0.2) is 0 Å². The van der Waals surface area contributed by atoms with Gasteiger partial charge in [0.15, 0.2) is 0 Å². The number of benzene rings is 3. The van der Waals surface area contributed by atoms with E-state index in [0.717, 1.165) is 16.8 Å². The zero-order chi connectivity index (χ0) is 21.5. The van der Waals surface area contributed by atoms with Crippen LogP contribution in [0.3, 0.4) is 0 Å². The van der Waals surface area contributed by atoms with Crippen LogP contribution in [-0.2, 0) is 11.2 Å². The molecule has 0 spiro atoms. The first kappa shape index (κ1) is 21.3. The van der Waals surface area contributed by atoms with Crippen LogP contribution < -0.4 is 10.6 Å². The maximum atomic E-state index is 13.2. The molecule has 0 aliphatic rings. The van der Waals surface area contributed by atoms with Gasteiger partial charge in [0.05, 0.1) is 0 Å². The smallest absolute Gasteiger partial charge is 0.251 e. The Balaban J connectivity index is 1.83. The Bertz CT molecular complexity index is 998. The zero-order valence-corrected chi connectivity index (χ0v) is 17.7. The molecule has 0 radical (unpaired) electrons. The monoisotopic (exact) mass is 400 g/mol. The Kier molecular flexibility index (Phi) is 7.02. The molecule has 30 heavy (non-hydrogen) atoms. The quantitative estimate of drug-likeness (QED) is 0.580. The van der Waals surface area contributed by atoms with Crippen LogP contribution in [0.2, 0.25) is 0 Å². The lowest BCUT2D eigenvalue weighted by molar-refractivity contribution is -0.118. The molecule has 0 bridgehead atoms. The van der Waals surface area contributed by atoms with Crippen molar-refractivity contribution >= 4 is 17.5 Å². The molecule has 3 aromatic rings. The number of nitrogens with one attached hydrogen (secondary N) is 2. The van der Waals surface area contributed by atoms with E-state index in [-0.39, 0.29) is 11.8 Å². The van der Waals surface area contributed by atoms with Gasteiger partial charge >= 0.3 is 0 Å². The van der Waals surface area contributed by atoms with E-state index in [1.54, 1.807) is 12.1 Å². The summed E-state index contributed by atoms with van der Waals surface area (Å²) in [7, 11) is 0. The van der Waals surface area contributed by atoms with Crippen molar-refractivity contribution < 1.29 is 9.59 Å². The van der Waals surface area contributed by atoms with Gasteiger partial charge in [-0.2, -0.15) is 0 Å². The van der Waals surface area contributed by atoms with Crippen LogP contribution in [0.4, 0.5) is 5.69 Å². The van der Waals surface area contributed by atoms with Crippen LogP contribution in [0.1, 0.15) is 46.8 Å². The predicted molar refractivity (Wildman–Crippen MR) is 122 cm³/mol. The highest BCUT2D eigenvalue weighted by Gasteiger charge is 2.23. The average Bonchev–Trinajstić information content (AvgIpc) is 2.75.